The fourth-order valence-corrected chi connectivity index (χ4v) is 2.67. The van der Waals surface area contributed by atoms with E-state index in [2.05, 4.69) is 17.6 Å². The fraction of sp³-hybridized carbons (Fsp3) is 0.562. The van der Waals surface area contributed by atoms with E-state index in [-0.39, 0.29) is 31.0 Å². The quantitative estimate of drug-likeness (QED) is 0.820. The molecule has 0 aliphatic heterocycles. The van der Waals surface area contributed by atoms with E-state index in [9.17, 15) is 13.6 Å². The normalized spacial score (nSPS) is 21.2. The van der Waals surface area contributed by atoms with Gasteiger partial charge in [0.2, 0.25) is 0 Å². The summed E-state index contributed by atoms with van der Waals surface area (Å²) in [7, 11) is 0. The number of nitrogens with one attached hydrogen (secondary N) is 2. The number of amides is 2. The van der Waals surface area contributed by atoms with Gasteiger partial charge in [0.25, 0.3) is 0 Å². The fourth-order valence-electron chi connectivity index (χ4n) is 2.67. The zero-order valence-electron chi connectivity index (χ0n) is 12.7. The molecule has 2 amide bonds. The molecule has 1 aliphatic rings. The number of ether oxygens (including phenoxy) is 1. The standard InChI is InChI=1S/C16H22F2N2O2/c1-11-4-2-3-5-14(11)20-16(21)19-8-9-22-15-7-6-12(17)10-13(15)18/h6-7,10-11,14H,2-5,8-9H2,1H3,(H2,19,20,21). The number of rotatable bonds is 5. The van der Waals surface area contributed by atoms with Crippen LogP contribution in [0.3, 0.4) is 0 Å². The van der Waals surface area contributed by atoms with E-state index in [1.165, 1.54) is 12.5 Å². The van der Waals surface area contributed by atoms with Gasteiger partial charge in [-0.2, -0.15) is 0 Å². The summed E-state index contributed by atoms with van der Waals surface area (Å²) in [5.41, 5.74) is 0. The van der Waals surface area contributed by atoms with Crippen LogP contribution in [-0.2, 0) is 0 Å². The second-order valence-corrected chi connectivity index (χ2v) is 5.69. The maximum Gasteiger partial charge on any atom is 0.315 e. The van der Waals surface area contributed by atoms with Crippen LogP contribution in [0.2, 0.25) is 0 Å². The molecule has 0 aromatic heterocycles. The molecule has 2 N–H and O–H groups in total. The zero-order valence-corrected chi connectivity index (χ0v) is 12.7. The Morgan fingerprint density at radius 2 is 2.09 bits per heavy atom. The number of halogens is 2. The average Bonchev–Trinajstić information content (AvgIpc) is 2.48. The summed E-state index contributed by atoms with van der Waals surface area (Å²) in [4.78, 5) is 11.8. The number of hydrogen-bond acceptors (Lipinski definition) is 2. The molecule has 0 bridgehead atoms. The third-order valence-corrected chi connectivity index (χ3v) is 3.97. The highest BCUT2D eigenvalue weighted by molar-refractivity contribution is 5.74. The molecule has 22 heavy (non-hydrogen) atoms. The van der Waals surface area contributed by atoms with Crippen LogP contribution in [0.15, 0.2) is 18.2 Å². The Kier molecular flexibility index (Phi) is 5.98. The van der Waals surface area contributed by atoms with Gasteiger partial charge < -0.3 is 15.4 Å². The van der Waals surface area contributed by atoms with E-state index in [0.29, 0.717) is 5.92 Å². The van der Waals surface area contributed by atoms with Crippen LogP contribution in [0, 0.1) is 17.6 Å². The van der Waals surface area contributed by atoms with Crippen molar-refractivity contribution < 1.29 is 18.3 Å². The topological polar surface area (TPSA) is 50.4 Å². The van der Waals surface area contributed by atoms with Gasteiger partial charge in [0.05, 0.1) is 6.54 Å². The van der Waals surface area contributed by atoms with Gasteiger partial charge in [0.15, 0.2) is 11.6 Å². The van der Waals surface area contributed by atoms with Gasteiger partial charge in [0, 0.05) is 12.1 Å². The van der Waals surface area contributed by atoms with Crippen molar-refractivity contribution in [2.75, 3.05) is 13.2 Å². The molecule has 1 aromatic carbocycles. The van der Waals surface area contributed by atoms with Crippen LogP contribution in [0.1, 0.15) is 32.6 Å². The average molecular weight is 312 g/mol. The van der Waals surface area contributed by atoms with E-state index >= 15 is 0 Å². The van der Waals surface area contributed by atoms with Crippen LogP contribution in [0.5, 0.6) is 5.75 Å². The lowest BCUT2D eigenvalue weighted by Gasteiger charge is -2.29. The van der Waals surface area contributed by atoms with Crippen molar-refractivity contribution in [3.8, 4) is 5.75 Å². The molecule has 2 atom stereocenters. The predicted molar refractivity (Wildman–Crippen MR) is 79.8 cm³/mol. The molecule has 1 saturated carbocycles. The van der Waals surface area contributed by atoms with E-state index in [1.807, 2.05) is 0 Å². The summed E-state index contributed by atoms with van der Waals surface area (Å²) in [6, 6.07) is 3.10. The smallest absolute Gasteiger partial charge is 0.315 e. The molecule has 0 saturated heterocycles. The number of carbonyl (C=O) groups is 1. The van der Waals surface area contributed by atoms with Crippen LogP contribution in [-0.4, -0.2) is 25.2 Å². The van der Waals surface area contributed by atoms with Crippen molar-refractivity contribution >= 4 is 6.03 Å². The van der Waals surface area contributed by atoms with Gasteiger partial charge in [-0.3, -0.25) is 0 Å². The maximum atomic E-state index is 13.3. The van der Waals surface area contributed by atoms with Gasteiger partial charge in [-0.15, -0.1) is 0 Å². The predicted octanol–water partition coefficient (Wildman–Crippen LogP) is 3.22. The SMILES string of the molecule is CC1CCCCC1NC(=O)NCCOc1ccc(F)cc1F. The lowest BCUT2D eigenvalue weighted by molar-refractivity contribution is 0.218. The van der Waals surface area contributed by atoms with Crippen molar-refractivity contribution in [3.63, 3.8) is 0 Å². The molecular formula is C16H22F2N2O2. The zero-order chi connectivity index (χ0) is 15.9. The Balaban J connectivity index is 1.66. The minimum Gasteiger partial charge on any atom is -0.489 e. The van der Waals surface area contributed by atoms with Crippen LogP contribution in [0.4, 0.5) is 13.6 Å². The van der Waals surface area contributed by atoms with E-state index < -0.39 is 11.6 Å². The maximum absolute atomic E-state index is 13.3. The molecule has 0 radical (unpaired) electrons. The minimum atomic E-state index is -0.750. The first-order valence-electron chi connectivity index (χ1n) is 7.68. The second-order valence-electron chi connectivity index (χ2n) is 5.69. The van der Waals surface area contributed by atoms with Crippen molar-refractivity contribution in [1.82, 2.24) is 10.6 Å². The molecular weight excluding hydrogens is 290 g/mol. The Labute approximate surface area is 129 Å². The molecule has 2 unspecified atom stereocenters. The van der Waals surface area contributed by atoms with Crippen LogP contribution in [0.25, 0.3) is 0 Å². The summed E-state index contributed by atoms with van der Waals surface area (Å²) in [5.74, 6) is -0.932. The monoisotopic (exact) mass is 312 g/mol. The minimum absolute atomic E-state index is 0.0236. The molecule has 6 heteroatoms. The number of carbonyl (C=O) groups excluding carboxylic acids is 1. The highest BCUT2D eigenvalue weighted by Gasteiger charge is 2.22. The van der Waals surface area contributed by atoms with Gasteiger partial charge in [-0.25, -0.2) is 13.6 Å². The molecule has 0 heterocycles. The summed E-state index contributed by atoms with van der Waals surface area (Å²) in [6.45, 7) is 2.52. The highest BCUT2D eigenvalue weighted by atomic mass is 19.1. The third kappa shape index (κ3) is 4.86. The van der Waals surface area contributed by atoms with Crippen molar-refractivity contribution in [1.29, 1.82) is 0 Å². The molecule has 122 valence electrons. The van der Waals surface area contributed by atoms with Gasteiger partial charge >= 0.3 is 6.03 Å². The highest BCUT2D eigenvalue weighted by Crippen LogP contribution is 2.23. The first-order valence-corrected chi connectivity index (χ1v) is 7.68. The Morgan fingerprint density at radius 1 is 1.32 bits per heavy atom. The molecule has 4 nitrogen and oxygen atoms in total. The Morgan fingerprint density at radius 3 is 2.82 bits per heavy atom. The summed E-state index contributed by atoms with van der Waals surface area (Å²) in [6.07, 6.45) is 4.50. The van der Waals surface area contributed by atoms with Crippen molar-refractivity contribution in [2.45, 2.75) is 38.6 Å². The third-order valence-electron chi connectivity index (χ3n) is 3.97. The lowest BCUT2D eigenvalue weighted by Crippen LogP contribution is -2.46. The molecule has 1 fully saturated rings. The summed E-state index contributed by atoms with van der Waals surface area (Å²) in [5, 5.41) is 5.64. The Hall–Kier alpha value is -1.85. The van der Waals surface area contributed by atoms with Gasteiger partial charge in [0.1, 0.15) is 12.4 Å². The van der Waals surface area contributed by atoms with Crippen molar-refractivity contribution in [2.24, 2.45) is 5.92 Å². The summed E-state index contributed by atoms with van der Waals surface area (Å²) >= 11 is 0. The number of hydrogen-bond donors (Lipinski definition) is 2. The first kappa shape index (κ1) is 16.5. The largest absolute Gasteiger partial charge is 0.489 e. The van der Waals surface area contributed by atoms with E-state index in [4.69, 9.17) is 4.74 Å². The molecule has 1 aliphatic carbocycles. The van der Waals surface area contributed by atoms with E-state index in [1.54, 1.807) is 0 Å². The Bertz CT molecular complexity index is 511. The number of benzene rings is 1. The summed E-state index contributed by atoms with van der Waals surface area (Å²) < 4.78 is 31.2. The van der Waals surface area contributed by atoms with Crippen LogP contribution >= 0.6 is 0 Å². The van der Waals surface area contributed by atoms with Crippen LogP contribution < -0.4 is 15.4 Å². The first-order chi connectivity index (χ1) is 10.6. The number of urea groups is 1. The molecule has 1 aromatic rings. The lowest BCUT2D eigenvalue weighted by atomic mass is 9.86. The van der Waals surface area contributed by atoms with E-state index in [0.717, 1.165) is 31.4 Å². The van der Waals surface area contributed by atoms with Gasteiger partial charge in [-0.05, 0) is 30.9 Å². The molecule has 2 rings (SSSR count). The van der Waals surface area contributed by atoms with Crippen molar-refractivity contribution in [3.05, 3.63) is 29.8 Å². The molecule has 0 spiro atoms. The van der Waals surface area contributed by atoms with Gasteiger partial charge in [-0.1, -0.05) is 19.8 Å². The second kappa shape index (κ2) is 7.96.